The largest absolute Gasteiger partial charge is 0.353 e. The predicted octanol–water partition coefficient (Wildman–Crippen LogP) is 3.78. The summed E-state index contributed by atoms with van der Waals surface area (Å²) in [6.45, 7) is 0. The molecule has 1 fully saturated rings. The molecule has 0 radical (unpaired) electrons. The molecule has 7 heteroatoms. The first-order valence-corrected chi connectivity index (χ1v) is 9.60. The summed E-state index contributed by atoms with van der Waals surface area (Å²) in [5.41, 5.74) is 0.957. The van der Waals surface area contributed by atoms with Crippen LogP contribution in [0.2, 0.25) is 0 Å². The van der Waals surface area contributed by atoms with Gasteiger partial charge in [0.15, 0.2) is 5.82 Å². The molecule has 1 heterocycles. The summed E-state index contributed by atoms with van der Waals surface area (Å²) < 4.78 is 0.961. The van der Waals surface area contributed by atoms with Crippen molar-refractivity contribution in [1.29, 1.82) is 0 Å². The average molecular weight is 395 g/mol. The number of thioether (sulfide) groups is 1. The summed E-state index contributed by atoms with van der Waals surface area (Å²) >= 11 is 4.86. The van der Waals surface area contributed by atoms with Gasteiger partial charge in [0, 0.05) is 16.1 Å². The molecule has 0 saturated heterocycles. The van der Waals surface area contributed by atoms with Crippen molar-refractivity contribution in [1.82, 2.24) is 20.5 Å². The van der Waals surface area contributed by atoms with Crippen molar-refractivity contribution in [2.45, 2.75) is 43.3 Å². The van der Waals surface area contributed by atoms with E-state index in [0.29, 0.717) is 22.8 Å². The van der Waals surface area contributed by atoms with Gasteiger partial charge in [-0.25, -0.2) is 4.98 Å². The first kappa shape index (κ1) is 16.5. The topological polar surface area (TPSA) is 70.7 Å². The molecule has 0 spiro atoms. The quantitative estimate of drug-likeness (QED) is 0.756. The summed E-state index contributed by atoms with van der Waals surface area (Å²) in [6, 6.07) is 8.18. The number of hydrogen-bond acceptors (Lipinski definition) is 4. The van der Waals surface area contributed by atoms with Crippen LogP contribution in [0.15, 0.2) is 33.9 Å². The van der Waals surface area contributed by atoms with E-state index in [9.17, 15) is 4.79 Å². The normalized spacial score (nSPS) is 15.5. The highest BCUT2D eigenvalue weighted by Gasteiger charge is 2.16. The zero-order valence-corrected chi connectivity index (χ0v) is 15.1. The number of rotatable bonds is 5. The standard InChI is InChI=1S/C16H19BrN4OS/c17-13-9-5-4-8-12(13)15-19-16(21-20-15)23-10-14(22)18-11-6-2-1-3-7-11/h4-5,8-9,11H,1-3,6-7,10H2,(H,18,22)(H,19,20,21). The van der Waals surface area contributed by atoms with Gasteiger partial charge in [-0.15, -0.1) is 5.10 Å². The number of aromatic amines is 1. The molecule has 0 atom stereocenters. The lowest BCUT2D eigenvalue weighted by atomic mass is 9.95. The number of halogens is 1. The minimum atomic E-state index is 0.0640. The maximum absolute atomic E-state index is 12.0. The molecule has 122 valence electrons. The van der Waals surface area contributed by atoms with Gasteiger partial charge >= 0.3 is 0 Å². The Morgan fingerprint density at radius 1 is 1.30 bits per heavy atom. The Labute approximate surface area is 148 Å². The molecule has 1 saturated carbocycles. The van der Waals surface area contributed by atoms with Gasteiger partial charge in [0.2, 0.25) is 11.1 Å². The third kappa shape index (κ3) is 4.57. The van der Waals surface area contributed by atoms with Crippen LogP contribution in [0, 0.1) is 0 Å². The fourth-order valence-electron chi connectivity index (χ4n) is 2.73. The van der Waals surface area contributed by atoms with E-state index in [2.05, 4.69) is 36.4 Å². The molecule has 0 unspecified atom stereocenters. The monoisotopic (exact) mass is 394 g/mol. The van der Waals surface area contributed by atoms with Gasteiger partial charge in [0.05, 0.1) is 5.75 Å². The van der Waals surface area contributed by atoms with Gasteiger partial charge in [-0.2, -0.15) is 0 Å². The van der Waals surface area contributed by atoms with Crippen LogP contribution >= 0.6 is 27.7 Å². The molecule has 3 rings (SSSR count). The van der Waals surface area contributed by atoms with E-state index in [1.807, 2.05) is 24.3 Å². The van der Waals surface area contributed by atoms with Crippen LogP contribution < -0.4 is 5.32 Å². The lowest BCUT2D eigenvalue weighted by Gasteiger charge is -2.22. The van der Waals surface area contributed by atoms with Crippen LogP contribution in [0.4, 0.5) is 0 Å². The molecular formula is C16H19BrN4OS. The molecule has 2 aromatic rings. The molecule has 2 N–H and O–H groups in total. The molecule has 5 nitrogen and oxygen atoms in total. The Morgan fingerprint density at radius 3 is 2.87 bits per heavy atom. The molecule has 1 aliphatic carbocycles. The second kappa shape index (κ2) is 7.97. The van der Waals surface area contributed by atoms with Gasteiger partial charge in [0.1, 0.15) is 0 Å². The first-order chi connectivity index (χ1) is 11.2. The van der Waals surface area contributed by atoms with Gasteiger partial charge < -0.3 is 5.32 Å². The zero-order valence-electron chi connectivity index (χ0n) is 12.7. The van der Waals surface area contributed by atoms with Crippen molar-refractivity contribution in [2.24, 2.45) is 0 Å². The fourth-order valence-corrected chi connectivity index (χ4v) is 3.81. The van der Waals surface area contributed by atoms with E-state index < -0.39 is 0 Å². The number of carbonyl (C=O) groups excluding carboxylic acids is 1. The SMILES string of the molecule is O=C(CSc1n[nH]c(-c2ccccc2Br)n1)NC1CCCCC1. The van der Waals surface area contributed by atoms with Crippen molar-refractivity contribution >= 4 is 33.6 Å². The predicted molar refractivity (Wildman–Crippen MR) is 95.3 cm³/mol. The van der Waals surface area contributed by atoms with Crippen molar-refractivity contribution in [3.63, 3.8) is 0 Å². The summed E-state index contributed by atoms with van der Waals surface area (Å²) in [5.74, 6) is 1.12. The van der Waals surface area contributed by atoms with Gasteiger partial charge in [0.25, 0.3) is 0 Å². The number of benzene rings is 1. The maximum atomic E-state index is 12.0. The number of amides is 1. The summed E-state index contributed by atoms with van der Waals surface area (Å²) in [4.78, 5) is 16.5. The van der Waals surface area contributed by atoms with Gasteiger partial charge in [-0.3, -0.25) is 9.89 Å². The van der Waals surface area contributed by atoms with E-state index in [1.165, 1.54) is 31.0 Å². The highest BCUT2D eigenvalue weighted by atomic mass is 79.9. The second-order valence-corrected chi connectivity index (χ2v) is 7.43. The Bertz CT molecular complexity index is 670. The van der Waals surface area contributed by atoms with Gasteiger partial charge in [-0.1, -0.05) is 65.2 Å². The molecule has 23 heavy (non-hydrogen) atoms. The van der Waals surface area contributed by atoms with Crippen molar-refractivity contribution in [3.8, 4) is 11.4 Å². The average Bonchev–Trinajstić information content (AvgIpc) is 3.03. The summed E-state index contributed by atoms with van der Waals surface area (Å²) in [5, 5.41) is 10.8. The molecular weight excluding hydrogens is 376 g/mol. The molecule has 0 aliphatic heterocycles. The number of carbonyl (C=O) groups is 1. The number of aromatic nitrogens is 3. The van der Waals surface area contributed by atoms with Crippen molar-refractivity contribution in [2.75, 3.05) is 5.75 Å². The van der Waals surface area contributed by atoms with E-state index in [0.717, 1.165) is 22.9 Å². The van der Waals surface area contributed by atoms with Crippen molar-refractivity contribution in [3.05, 3.63) is 28.7 Å². The number of hydrogen-bond donors (Lipinski definition) is 2. The van der Waals surface area contributed by atoms with Crippen molar-refractivity contribution < 1.29 is 4.79 Å². The van der Waals surface area contributed by atoms with Gasteiger partial charge in [-0.05, 0) is 18.9 Å². The second-order valence-electron chi connectivity index (χ2n) is 5.64. The van der Waals surface area contributed by atoms with Crippen LogP contribution in [-0.4, -0.2) is 32.9 Å². The molecule has 1 amide bonds. The molecule has 0 bridgehead atoms. The Kier molecular flexibility index (Phi) is 5.72. The summed E-state index contributed by atoms with van der Waals surface area (Å²) in [6.07, 6.45) is 5.92. The fraction of sp³-hybridized carbons (Fsp3) is 0.438. The van der Waals surface area contributed by atoms with Crippen LogP contribution in [0.1, 0.15) is 32.1 Å². The minimum absolute atomic E-state index is 0.0640. The van der Waals surface area contributed by atoms with E-state index >= 15 is 0 Å². The highest BCUT2D eigenvalue weighted by Crippen LogP contribution is 2.26. The lowest BCUT2D eigenvalue weighted by molar-refractivity contribution is -0.119. The van der Waals surface area contributed by atoms with Crippen LogP contribution in [-0.2, 0) is 4.79 Å². The number of nitrogens with one attached hydrogen (secondary N) is 2. The molecule has 1 aliphatic rings. The van der Waals surface area contributed by atoms with Crippen LogP contribution in [0.5, 0.6) is 0 Å². The maximum Gasteiger partial charge on any atom is 0.230 e. The molecule has 1 aromatic heterocycles. The number of nitrogens with zero attached hydrogens (tertiary/aromatic N) is 2. The number of H-pyrrole nitrogens is 1. The van der Waals surface area contributed by atoms with E-state index in [4.69, 9.17) is 0 Å². The molecule has 1 aromatic carbocycles. The Morgan fingerprint density at radius 2 is 2.09 bits per heavy atom. The smallest absolute Gasteiger partial charge is 0.230 e. The minimum Gasteiger partial charge on any atom is -0.353 e. The Hall–Kier alpha value is -1.34. The van der Waals surface area contributed by atoms with E-state index in [1.54, 1.807) is 0 Å². The van der Waals surface area contributed by atoms with Crippen LogP contribution in [0.25, 0.3) is 11.4 Å². The Balaban J connectivity index is 1.53. The highest BCUT2D eigenvalue weighted by molar-refractivity contribution is 9.10. The van der Waals surface area contributed by atoms with Crippen LogP contribution in [0.3, 0.4) is 0 Å². The zero-order chi connectivity index (χ0) is 16.1. The third-order valence-corrected chi connectivity index (χ3v) is 5.44. The third-order valence-electron chi connectivity index (χ3n) is 3.90. The first-order valence-electron chi connectivity index (χ1n) is 7.82. The van der Waals surface area contributed by atoms with E-state index in [-0.39, 0.29) is 5.91 Å². The lowest BCUT2D eigenvalue weighted by Crippen LogP contribution is -2.37. The summed E-state index contributed by atoms with van der Waals surface area (Å²) in [7, 11) is 0.